The number of aliphatic imine (C=N–C) groups is 1. The summed E-state index contributed by atoms with van der Waals surface area (Å²) in [6.07, 6.45) is 8.65. The van der Waals surface area contributed by atoms with Gasteiger partial charge in [-0.2, -0.15) is 0 Å². The molecule has 1 rings (SSSR count). The highest BCUT2D eigenvalue weighted by Crippen LogP contribution is 2.33. The summed E-state index contributed by atoms with van der Waals surface area (Å²) in [5, 5.41) is 6.84. The summed E-state index contributed by atoms with van der Waals surface area (Å²) in [6, 6.07) is 0. The lowest BCUT2D eigenvalue weighted by Gasteiger charge is -2.18. The number of rotatable bonds is 4. The van der Waals surface area contributed by atoms with E-state index in [1.165, 1.54) is 24.8 Å². The van der Waals surface area contributed by atoms with Gasteiger partial charge in [0.15, 0.2) is 0 Å². The van der Waals surface area contributed by atoms with Crippen LogP contribution in [-0.4, -0.2) is 12.6 Å². The number of hydrogen-bond acceptors (Lipinski definition) is 1. The zero-order chi connectivity index (χ0) is 12.0. The quantitative estimate of drug-likeness (QED) is 0.320. The van der Waals surface area contributed by atoms with Crippen molar-refractivity contribution in [2.45, 2.75) is 39.0 Å². The largest absolute Gasteiger partial charge is 0.290 e. The number of nitrogens with zero attached hydrogens (tertiary/aromatic N) is 1. The van der Waals surface area contributed by atoms with Crippen LogP contribution >= 0.6 is 0 Å². The van der Waals surface area contributed by atoms with E-state index >= 15 is 0 Å². The van der Waals surface area contributed by atoms with Gasteiger partial charge < -0.3 is 0 Å². The second-order valence-corrected chi connectivity index (χ2v) is 4.86. The van der Waals surface area contributed by atoms with E-state index < -0.39 is 0 Å². The monoisotopic (exact) mass is 218 g/mol. The van der Waals surface area contributed by atoms with Gasteiger partial charge in [-0.15, -0.1) is 0 Å². The van der Waals surface area contributed by atoms with Crippen LogP contribution in [0, 0.1) is 17.2 Å². The normalized spacial score (nSPS) is 26.7. The molecule has 2 heteroatoms. The van der Waals surface area contributed by atoms with Crippen LogP contribution in [-0.2, 0) is 0 Å². The van der Waals surface area contributed by atoms with Crippen molar-refractivity contribution in [3.63, 3.8) is 0 Å². The molecule has 1 aliphatic rings. The van der Waals surface area contributed by atoms with E-state index in [-0.39, 0.29) is 0 Å². The SMILES string of the molecule is C=C(C=NC=N)C[C@H]1C[C@H](C)CCCC1=C. The molecular formula is C14H22N2. The average molecular weight is 218 g/mol. The van der Waals surface area contributed by atoms with Crippen molar-refractivity contribution in [2.24, 2.45) is 16.8 Å². The Morgan fingerprint density at radius 1 is 1.62 bits per heavy atom. The van der Waals surface area contributed by atoms with Gasteiger partial charge in [0, 0.05) is 6.21 Å². The predicted molar refractivity (Wildman–Crippen MR) is 71.3 cm³/mol. The fourth-order valence-corrected chi connectivity index (χ4v) is 2.39. The Balaban J connectivity index is 2.55. The van der Waals surface area contributed by atoms with Crippen LogP contribution in [0.4, 0.5) is 0 Å². The lowest BCUT2D eigenvalue weighted by atomic mass is 9.87. The molecule has 0 aliphatic heterocycles. The topological polar surface area (TPSA) is 36.2 Å². The number of nitrogens with one attached hydrogen (secondary N) is 1. The van der Waals surface area contributed by atoms with Gasteiger partial charge in [-0.1, -0.05) is 32.1 Å². The molecule has 0 aromatic rings. The lowest BCUT2D eigenvalue weighted by molar-refractivity contribution is 0.435. The van der Waals surface area contributed by atoms with Gasteiger partial charge in [0.25, 0.3) is 0 Å². The van der Waals surface area contributed by atoms with Gasteiger partial charge in [0.2, 0.25) is 0 Å². The van der Waals surface area contributed by atoms with Crippen molar-refractivity contribution >= 4 is 12.6 Å². The fourth-order valence-electron chi connectivity index (χ4n) is 2.39. The molecule has 88 valence electrons. The summed E-state index contributed by atoms with van der Waals surface area (Å²) < 4.78 is 0. The van der Waals surface area contributed by atoms with Crippen molar-refractivity contribution in [2.75, 3.05) is 0 Å². The van der Waals surface area contributed by atoms with E-state index in [2.05, 4.69) is 25.1 Å². The van der Waals surface area contributed by atoms with E-state index in [1.807, 2.05) is 0 Å². The van der Waals surface area contributed by atoms with E-state index in [1.54, 1.807) is 6.21 Å². The van der Waals surface area contributed by atoms with Crippen molar-refractivity contribution in [3.8, 4) is 0 Å². The van der Waals surface area contributed by atoms with Gasteiger partial charge in [-0.05, 0) is 43.1 Å². The smallest absolute Gasteiger partial charge is 0.106 e. The molecule has 1 aliphatic carbocycles. The van der Waals surface area contributed by atoms with Crippen LogP contribution in [0.5, 0.6) is 0 Å². The minimum atomic E-state index is 0.558. The predicted octanol–water partition coefficient (Wildman–Crippen LogP) is 3.99. The summed E-state index contributed by atoms with van der Waals surface area (Å²) in [5.74, 6) is 1.35. The first kappa shape index (κ1) is 12.9. The zero-order valence-corrected chi connectivity index (χ0v) is 10.2. The maximum atomic E-state index is 6.84. The minimum Gasteiger partial charge on any atom is -0.290 e. The summed E-state index contributed by atoms with van der Waals surface area (Å²) in [7, 11) is 0. The molecule has 0 spiro atoms. The molecule has 0 radical (unpaired) electrons. The van der Waals surface area contributed by atoms with E-state index in [0.29, 0.717) is 5.92 Å². The molecule has 0 amide bonds. The Hall–Kier alpha value is -1.18. The molecule has 0 bridgehead atoms. The maximum Gasteiger partial charge on any atom is 0.106 e. The molecule has 0 saturated heterocycles. The highest BCUT2D eigenvalue weighted by Gasteiger charge is 2.20. The molecule has 2 nitrogen and oxygen atoms in total. The summed E-state index contributed by atoms with van der Waals surface area (Å²) >= 11 is 0. The Bertz CT molecular complexity index is 302. The molecule has 0 aromatic heterocycles. The molecule has 0 aromatic carbocycles. The standard InChI is InChI=1S/C14H22N2/c1-11-5-4-6-13(3)14(7-11)8-12(2)9-16-10-15/h9-11,14-15H,2-8H2,1H3/t11-,14-/m1/s1. The first-order valence-electron chi connectivity index (χ1n) is 6.01. The van der Waals surface area contributed by atoms with Crippen molar-refractivity contribution < 1.29 is 0 Å². The highest BCUT2D eigenvalue weighted by molar-refractivity contribution is 5.83. The van der Waals surface area contributed by atoms with Gasteiger partial charge in [-0.25, -0.2) is 4.99 Å². The third kappa shape index (κ3) is 4.13. The van der Waals surface area contributed by atoms with Crippen molar-refractivity contribution in [3.05, 3.63) is 24.3 Å². The molecule has 1 saturated carbocycles. The molecule has 1 N–H and O–H groups in total. The average Bonchev–Trinajstić information content (AvgIpc) is 2.38. The molecule has 0 heterocycles. The van der Waals surface area contributed by atoms with Crippen LogP contribution in [0.1, 0.15) is 39.0 Å². The summed E-state index contributed by atoms with van der Waals surface area (Å²) in [6.45, 7) is 10.5. The molecule has 0 unspecified atom stereocenters. The molecular weight excluding hydrogens is 196 g/mol. The Morgan fingerprint density at radius 3 is 3.06 bits per heavy atom. The first-order valence-corrected chi connectivity index (χ1v) is 6.01. The Labute approximate surface area is 98.7 Å². The minimum absolute atomic E-state index is 0.558. The first-order chi connectivity index (χ1) is 7.63. The van der Waals surface area contributed by atoms with Crippen LogP contribution in [0.25, 0.3) is 0 Å². The third-order valence-electron chi connectivity index (χ3n) is 3.30. The Kier molecular flexibility index (Phi) is 5.17. The third-order valence-corrected chi connectivity index (χ3v) is 3.30. The molecule has 2 atom stereocenters. The van der Waals surface area contributed by atoms with Gasteiger partial charge in [0.05, 0.1) is 0 Å². The number of hydrogen-bond donors (Lipinski definition) is 1. The zero-order valence-electron chi connectivity index (χ0n) is 10.2. The van der Waals surface area contributed by atoms with Gasteiger partial charge in [0.1, 0.15) is 6.34 Å². The van der Waals surface area contributed by atoms with E-state index in [4.69, 9.17) is 5.41 Å². The molecule has 1 fully saturated rings. The molecule has 16 heavy (non-hydrogen) atoms. The van der Waals surface area contributed by atoms with Crippen LogP contribution in [0.2, 0.25) is 0 Å². The Morgan fingerprint density at radius 2 is 2.38 bits per heavy atom. The lowest BCUT2D eigenvalue weighted by Crippen LogP contribution is -2.07. The summed E-state index contributed by atoms with van der Waals surface area (Å²) in [5.41, 5.74) is 2.37. The second kappa shape index (κ2) is 6.41. The van der Waals surface area contributed by atoms with Crippen molar-refractivity contribution in [1.29, 1.82) is 5.41 Å². The van der Waals surface area contributed by atoms with Crippen LogP contribution in [0.15, 0.2) is 29.3 Å². The highest BCUT2D eigenvalue weighted by atomic mass is 14.7. The number of allylic oxidation sites excluding steroid dienone is 2. The maximum absolute atomic E-state index is 6.84. The van der Waals surface area contributed by atoms with E-state index in [9.17, 15) is 0 Å². The summed E-state index contributed by atoms with van der Waals surface area (Å²) in [4.78, 5) is 3.79. The second-order valence-electron chi connectivity index (χ2n) is 4.86. The van der Waals surface area contributed by atoms with Gasteiger partial charge >= 0.3 is 0 Å². The van der Waals surface area contributed by atoms with Gasteiger partial charge in [-0.3, -0.25) is 5.41 Å². The fraction of sp³-hybridized carbons (Fsp3) is 0.571. The van der Waals surface area contributed by atoms with E-state index in [0.717, 1.165) is 30.7 Å². The van der Waals surface area contributed by atoms with Crippen LogP contribution in [0.3, 0.4) is 0 Å². The van der Waals surface area contributed by atoms with Crippen molar-refractivity contribution in [1.82, 2.24) is 0 Å². The van der Waals surface area contributed by atoms with Crippen LogP contribution < -0.4 is 0 Å².